The van der Waals surface area contributed by atoms with Crippen molar-refractivity contribution in [1.29, 1.82) is 0 Å². The van der Waals surface area contributed by atoms with Crippen LogP contribution in [0.15, 0.2) is 53.5 Å². The Morgan fingerprint density at radius 1 is 1.21 bits per heavy atom. The van der Waals surface area contributed by atoms with Crippen molar-refractivity contribution in [3.8, 4) is 0 Å². The van der Waals surface area contributed by atoms with Crippen LogP contribution < -0.4 is 5.11 Å². The Labute approximate surface area is 148 Å². The molecule has 1 N–H and O–H groups in total. The molecule has 0 fully saturated rings. The summed E-state index contributed by atoms with van der Waals surface area (Å²) in [5.41, 5.74) is -0.786. The molecule has 124 valence electrons. The SMILES string of the molecule is O=C([O-])CC1=NC(O)(c2ccccc2)C(c2ccc(Cl)c(Cl)c2)O1. The maximum absolute atomic E-state index is 11.1. The Hall–Kier alpha value is -2.08. The van der Waals surface area contributed by atoms with Crippen molar-refractivity contribution < 1.29 is 19.7 Å². The molecule has 0 spiro atoms. The number of carboxylic acid groups (broad SMARTS) is 1. The number of carbonyl (C=O) groups is 1. The number of carboxylic acids is 1. The number of aliphatic imine (C=N–C) groups is 1. The highest BCUT2D eigenvalue weighted by Crippen LogP contribution is 2.45. The third-order valence-electron chi connectivity index (χ3n) is 3.66. The average molecular weight is 365 g/mol. The standard InChI is InChI=1S/C17H13Cl2NO4/c18-12-7-6-10(8-13(12)19)16-17(23,11-4-2-1-3-5-11)20-14(24-16)9-15(21)22/h1-8,16,23H,9H2,(H,21,22)/p-1. The number of hydrogen-bond donors (Lipinski definition) is 1. The van der Waals surface area contributed by atoms with Crippen molar-refractivity contribution in [3.05, 3.63) is 69.7 Å². The van der Waals surface area contributed by atoms with Crippen LogP contribution in [0, 0.1) is 0 Å². The molecule has 24 heavy (non-hydrogen) atoms. The highest BCUT2D eigenvalue weighted by molar-refractivity contribution is 6.42. The first kappa shape index (κ1) is 16.8. The topological polar surface area (TPSA) is 82.0 Å². The lowest BCUT2D eigenvalue weighted by atomic mass is 9.93. The summed E-state index contributed by atoms with van der Waals surface area (Å²) in [5, 5.41) is 22.6. The zero-order valence-corrected chi connectivity index (χ0v) is 13.8. The molecule has 3 rings (SSSR count). The van der Waals surface area contributed by atoms with Gasteiger partial charge in [-0.1, -0.05) is 59.6 Å². The van der Waals surface area contributed by atoms with Crippen LogP contribution in [0.4, 0.5) is 0 Å². The highest BCUT2D eigenvalue weighted by Gasteiger charge is 2.47. The van der Waals surface area contributed by atoms with Gasteiger partial charge in [-0.2, -0.15) is 0 Å². The maximum atomic E-state index is 11.1. The van der Waals surface area contributed by atoms with E-state index >= 15 is 0 Å². The Balaban J connectivity index is 2.06. The van der Waals surface area contributed by atoms with Crippen molar-refractivity contribution in [2.45, 2.75) is 18.2 Å². The maximum Gasteiger partial charge on any atom is 0.227 e. The summed E-state index contributed by atoms with van der Waals surface area (Å²) >= 11 is 12.0. The van der Waals surface area contributed by atoms with Gasteiger partial charge in [-0.15, -0.1) is 0 Å². The van der Waals surface area contributed by atoms with E-state index in [4.69, 9.17) is 27.9 Å². The predicted molar refractivity (Wildman–Crippen MR) is 87.7 cm³/mol. The smallest absolute Gasteiger partial charge is 0.227 e. The molecule has 1 heterocycles. The van der Waals surface area contributed by atoms with Crippen LogP contribution in [0.5, 0.6) is 0 Å². The molecule has 0 bridgehead atoms. The number of aliphatic carboxylic acids is 1. The predicted octanol–water partition coefficient (Wildman–Crippen LogP) is 2.45. The Bertz CT molecular complexity index is 809. The lowest BCUT2D eigenvalue weighted by Crippen LogP contribution is -2.29. The summed E-state index contributed by atoms with van der Waals surface area (Å²) in [4.78, 5) is 14.9. The second-order valence-electron chi connectivity index (χ2n) is 5.32. The number of nitrogens with zero attached hydrogens (tertiary/aromatic N) is 1. The lowest BCUT2D eigenvalue weighted by molar-refractivity contribution is -0.304. The Morgan fingerprint density at radius 2 is 1.92 bits per heavy atom. The Kier molecular flexibility index (Phi) is 4.49. The lowest BCUT2D eigenvalue weighted by Gasteiger charge is -2.27. The first-order chi connectivity index (χ1) is 11.4. The number of benzene rings is 2. The second kappa shape index (κ2) is 6.43. The minimum atomic E-state index is -1.77. The van der Waals surface area contributed by atoms with Gasteiger partial charge in [0.1, 0.15) is 0 Å². The summed E-state index contributed by atoms with van der Waals surface area (Å²) < 4.78 is 5.60. The van der Waals surface area contributed by atoms with Crippen LogP contribution in [0.25, 0.3) is 0 Å². The molecule has 7 heteroatoms. The van der Waals surface area contributed by atoms with Crippen LogP contribution >= 0.6 is 23.2 Å². The first-order valence-electron chi connectivity index (χ1n) is 7.08. The van der Waals surface area contributed by atoms with E-state index in [9.17, 15) is 15.0 Å². The van der Waals surface area contributed by atoms with Crippen LogP contribution in [0.2, 0.25) is 10.0 Å². The van der Waals surface area contributed by atoms with Gasteiger partial charge < -0.3 is 19.7 Å². The highest BCUT2D eigenvalue weighted by atomic mass is 35.5. The van der Waals surface area contributed by atoms with Crippen molar-refractivity contribution >= 4 is 35.1 Å². The molecule has 2 unspecified atom stereocenters. The number of hydrogen-bond acceptors (Lipinski definition) is 5. The summed E-state index contributed by atoms with van der Waals surface area (Å²) in [6.07, 6.45) is -1.49. The fraction of sp³-hybridized carbons (Fsp3) is 0.176. The average Bonchev–Trinajstić information content (AvgIpc) is 2.88. The zero-order chi connectivity index (χ0) is 17.3. The van der Waals surface area contributed by atoms with E-state index in [1.165, 1.54) is 0 Å². The van der Waals surface area contributed by atoms with E-state index in [-0.39, 0.29) is 5.90 Å². The third-order valence-corrected chi connectivity index (χ3v) is 4.39. The van der Waals surface area contributed by atoms with Crippen LogP contribution in [0.3, 0.4) is 0 Å². The fourth-order valence-electron chi connectivity index (χ4n) is 2.57. The number of aliphatic hydroxyl groups is 1. The van der Waals surface area contributed by atoms with Crippen molar-refractivity contribution in [2.24, 2.45) is 4.99 Å². The Morgan fingerprint density at radius 3 is 2.54 bits per heavy atom. The normalized spacial score (nSPS) is 22.8. The largest absolute Gasteiger partial charge is 0.550 e. The molecule has 0 saturated heterocycles. The summed E-state index contributed by atoms with van der Waals surface area (Å²) in [7, 11) is 0. The van der Waals surface area contributed by atoms with Crippen LogP contribution in [-0.2, 0) is 15.3 Å². The molecular weight excluding hydrogens is 353 g/mol. The summed E-state index contributed by atoms with van der Waals surface area (Å²) in [6, 6.07) is 13.4. The molecule has 0 aliphatic carbocycles. The van der Waals surface area contributed by atoms with E-state index < -0.39 is 24.2 Å². The van der Waals surface area contributed by atoms with Gasteiger partial charge in [-0.3, -0.25) is 0 Å². The van der Waals surface area contributed by atoms with Crippen LogP contribution in [0.1, 0.15) is 23.7 Å². The van der Waals surface area contributed by atoms with Crippen LogP contribution in [-0.4, -0.2) is 17.0 Å². The molecule has 2 atom stereocenters. The van der Waals surface area contributed by atoms with E-state index in [1.807, 2.05) is 0 Å². The number of rotatable bonds is 4. The molecule has 0 aromatic heterocycles. The van der Waals surface area contributed by atoms with E-state index in [0.29, 0.717) is 21.2 Å². The fourth-order valence-corrected chi connectivity index (χ4v) is 2.88. The van der Waals surface area contributed by atoms with E-state index in [2.05, 4.69) is 4.99 Å². The quantitative estimate of drug-likeness (QED) is 0.903. The molecule has 2 aromatic carbocycles. The molecule has 0 radical (unpaired) electrons. The van der Waals surface area contributed by atoms with Gasteiger partial charge in [0.2, 0.25) is 5.72 Å². The molecule has 5 nitrogen and oxygen atoms in total. The summed E-state index contributed by atoms with van der Waals surface area (Å²) in [6.45, 7) is 0. The number of ether oxygens (including phenoxy) is 1. The van der Waals surface area contributed by atoms with Gasteiger partial charge in [0.25, 0.3) is 0 Å². The molecule has 0 amide bonds. The zero-order valence-electron chi connectivity index (χ0n) is 12.3. The minimum Gasteiger partial charge on any atom is -0.550 e. The van der Waals surface area contributed by atoms with E-state index in [0.717, 1.165) is 0 Å². The molecule has 1 aliphatic heterocycles. The van der Waals surface area contributed by atoms with Gasteiger partial charge in [0.05, 0.1) is 22.4 Å². The van der Waals surface area contributed by atoms with Crippen molar-refractivity contribution in [2.75, 3.05) is 0 Å². The third kappa shape index (κ3) is 3.11. The van der Waals surface area contributed by atoms with Crippen molar-refractivity contribution in [1.82, 2.24) is 0 Å². The number of carbonyl (C=O) groups excluding carboxylic acids is 1. The van der Waals surface area contributed by atoms with Gasteiger partial charge in [-0.05, 0) is 17.7 Å². The molecule has 2 aromatic rings. The van der Waals surface area contributed by atoms with Crippen molar-refractivity contribution in [3.63, 3.8) is 0 Å². The van der Waals surface area contributed by atoms with Gasteiger partial charge in [0.15, 0.2) is 12.0 Å². The molecule has 1 aliphatic rings. The molecule has 0 saturated carbocycles. The minimum absolute atomic E-state index is 0.113. The number of halogens is 2. The van der Waals surface area contributed by atoms with Gasteiger partial charge in [0, 0.05) is 5.56 Å². The summed E-state index contributed by atoms with van der Waals surface area (Å²) in [5.74, 6) is -1.46. The van der Waals surface area contributed by atoms with Gasteiger partial charge in [-0.25, -0.2) is 4.99 Å². The van der Waals surface area contributed by atoms with Gasteiger partial charge >= 0.3 is 0 Å². The first-order valence-corrected chi connectivity index (χ1v) is 7.84. The van der Waals surface area contributed by atoms with E-state index in [1.54, 1.807) is 48.5 Å². The molecular formula is C17H12Cl2NO4-. The monoisotopic (exact) mass is 364 g/mol. The second-order valence-corrected chi connectivity index (χ2v) is 6.13.